The molecule has 0 aliphatic heterocycles. The van der Waals surface area contributed by atoms with Crippen molar-refractivity contribution in [3.8, 4) is 0 Å². The van der Waals surface area contributed by atoms with Gasteiger partial charge in [-0.1, -0.05) is 25.0 Å². The minimum absolute atomic E-state index is 0.542. The van der Waals surface area contributed by atoms with Crippen LogP contribution in [0, 0.1) is 3.57 Å². The molecule has 2 aromatic heterocycles. The Morgan fingerprint density at radius 2 is 2.09 bits per heavy atom. The van der Waals surface area contributed by atoms with Crippen molar-refractivity contribution in [3.05, 3.63) is 45.9 Å². The lowest BCUT2D eigenvalue weighted by molar-refractivity contribution is 0.599. The van der Waals surface area contributed by atoms with E-state index in [1.54, 1.807) is 6.33 Å². The summed E-state index contributed by atoms with van der Waals surface area (Å²) in [5.41, 5.74) is 2.12. The molecule has 1 N–H and O–H groups in total. The summed E-state index contributed by atoms with van der Waals surface area (Å²) in [6.07, 6.45) is 8.52. The number of hydrogen-bond acceptors (Lipinski definition) is 4. The third-order valence-corrected chi connectivity index (χ3v) is 5.18. The van der Waals surface area contributed by atoms with Gasteiger partial charge in [-0.25, -0.2) is 9.97 Å². The van der Waals surface area contributed by atoms with Crippen LogP contribution in [-0.2, 0) is 6.54 Å². The Hall–Kier alpha value is -1.70. The molecule has 0 atom stereocenters. The van der Waals surface area contributed by atoms with E-state index in [4.69, 9.17) is 0 Å². The van der Waals surface area contributed by atoms with Crippen molar-refractivity contribution in [3.63, 3.8) is 0 Å². The van der Waals surface area contributed by atoms with E-state index in [2.05, 4.69) is 71.9 Å². The molecule has 0 unspecified atom stereocenters. The van der Waals surface area contributed by atoms with Crippen LogP contribution in [0.3, 0.4) is 0 Å². The summed E-state index contributed by atoms with van der Waals surface area (Å²) in [6.45, 7) is 0.874. The van der Waals surface area contributed by atoms with Crippen molar-refractivity contribution in [2.75, 3.05) is 4.90 Å². The Kier molecular flexibility index (Phi) is 4.15. The van der Waals surface area contributed by atoms with Crippen LogP contribution in [0.2, 0.25) is 0 Å². The van der Waals surface area contributed by atoms with Crippen molar-refractivity contribution in [2.45, 2.75) is 38.3 Å². The standard InChI is InChI=1S/C17H18IN5/c18-13-5-3-4-12(8-13)10-23(14-6-1-2-7-14)17-15-9-21-22-16(15)19-11-20-17/h3-5,8-9,11,14H,1-2,6-7,10H2,(H,19,20,21,22). The molecule has 1 aliphatic carbocycles. The highest BCUT2D eigenvalue weighted by Crippen LogP contribution is 2.32. The Morgan fingerprint density at radius 1 is 1.22 bits per heavy atom. The molecule has 3 aromatic rings. The molecule has 23 heavy (non-hydrogen) atoms. The maximum absolute atomic E-state index is 4.60. The Bertz CT molecular complexity index is 809. The minimum Gasteiger partial charge on any atom is -0.349 e. The maximum Gasteiger partial charge on any atom is 0.160 e. The molecule has 0 spiro atoms. The Labute approximate surface area is 148 Å². The van der Waals surface area contributed by atoms with Crippen LogP contribution in [0.25, 0.3) is 11.0 Å². The molecule has 0 radical (unpaired) electrons. The van der Waals surface area contributed by atoms with Crippen molar-refractivity contribution in [1.82, 2.24) is 20.2 Å². The van der Waals surface area contributed by atoms with Gasteiger partial charge in [-0.2, -0.15) is 5.10 Å². The summed E-state index contributed by atoms with van der Waals surface area (Å²) in [4.78, 5) is 11.3. The highest BCUT2D eigenvalue weighted by molar-refractivity contribution is 14.1. The van der Waals surface area contributed by atoms with Gasteiger partial charge < -0.3 is 4.90 Å². The average molecular weight is 419 g/mol. The van der Waals surface area contributed by atoms with Crippen LogP contribution in [0.1, 0.15) is 31.2 Å². The average Bonchev–Trinajstić information content (AvgIpc) is 3.23. The van der Waals surface area contributed by atoms with Crippen LogP contribution in [0.5, 0.6) is 0 Å². The molecule has 0 bridgehead atoms. The Balaban J connectivity index is 1.74. The van der Waals surface area contributed by atoms with Gasteiger partial charge in [0.2, 0.25) is 0 Å². The van der Waals surface area contributed by atoms with Crippen molar-refractivity contribution in [2.24, 2.45) is 0 Å². The minimum atomic E-state index is 0.542. The van der Waals surface area contributed by atoms with E-state index in [1.807, 2.05) is 6.20 Å². The van der Waals surface area contributed by atoms with Gasteiger partial charge in [-0.15, -0.1) is 0 Å². The van der Waals surface area contributed by atoms with E-state index in [0.29, 0.717) is 6.04 Å². The van der Waals surface area contributed by atoms with Gasteiger partial charge in [-0.05, 0) is 53.1 Å². The second kappa shape index (κ2) is 6.43. The van der Waals surface area contributed by atoms with E-state index in [-0.39, 0.29) is 0 Å². The first-order valence-electron chi connectivity index (χ1n) is 7.96. The fourth-order valence-electron chi connectivity index (χ4n) is 3.41. The summed E-state index contributed by atoms with van der Waals surface area (Å²) < 4.78 is 1.27. The summed E-state index contributed by atoms with van der Waals surface area (Å²) in [7, 11) is 0. The number of benzene rings is 1. The number of nitrogens with zero attached hydrogens (tertiary/aromatic N) is 4. The van der Waals surface area contributed by atoms with Crippen LogP contribution < -0.4 is 4.90 Å². The number of halogens is 1. The van der Waals surface area contributed by atoms with Gasteiger partial charge in [0, 0.05) is 16.2 Å². The fraction of sp³-hybridized carbons (Fsp3) is 0.353. The molecule has 0 amide bonds. The van der Waals surface area contributed by atoms with E-state index >= 15 is 0 Å². The Morgan fingerprint density at radius 3 is 2.91 bits per heavy atom. The van der Waals surface area contributed by atoms with Gasteiger partial charge >= 0.3 is 0 Å². The van der Waals surface area contributed by atoms with Crippen LogP contribution in [-0.4, -0.2) is 26.2 Å². The number of nitrogens with one attached hydrogen (secondary N) is 1. The number of fused-ring (bicyclic) bond motifs is 1. The number of aromatic amines is 1. The molecule has 6 heteroatoms. The third-order valence-electron chi connectivity index (χ3n) is 4.51. The molecule has 0 saturated heterocycles. The molecule has 1 fully saturated rings. The topological polar surface area (TPSA) is 57.7 Å². The molecule has 1 aromatic carbocycles. The normalized spacial score (nSPS) is 15.3. The second-order valence-electron chi connectivity index (χ2n) is 6.03. The zero-order valence-corrected chi connectivity index (χ0v) is 14.9. The third kappa shape index (κ3) is 3.04. The highest BCUT2D eigenvalue weighted by atomic mass is 127. The molecule has 4 rings (SSSR count). The maximum atomic E-state index is 4.60. The molecule has 5 nitrogen and oxygen atoms in total. The number of anilines is 1. The van der Waals surface area contributed by atoms with Crippen molar-refractivity contribution in [1.29, 1.82) is 0 Å². The molecule has 1 aliphatic rings. The quantitative estimate of drug-likeness (QED) is 0.652. The van der Waals surface area contributed by atoms with Crippen LogP contribution in [0.15, 0.2) is 36.8 Å². The van der Waals surface area contributed by atoms with Gasteiger partial charge in [0.1, 0.15) is 12.1 Å². The monoisotopic (exact) mass is 419 g/mol. The largest absolute Gasteiger partial charge is 0.349 e. The van der Waals surface area contributed by atoms with E-state index in [9.17, 15) is 0 Å². The molecule has 1 saturated carbocycles. The van der Waals surface area contributed by atoms with E-state index in [0.717, 1.165) is 23.4 Å². The first-order valence-corrected chi connectivity index (χ1v) is 9.04. The summed E-state index contributed by atoms with van der Waals surface area (Å²) in [5.74, 6) is 0.995. The first-order chi connectivity index (χ1) is 11.3. The molecule has 2 heterocycles. The summed E-state index contributed by atoms with van der Waals surface area (Å²) >= 11 is 2.37. The predicted molar refractivity (Wildman–Crippen MR) is 99.3 cm³/mol. The van der Waals surface area contributed by atoms with Crippen LogP contribution in [0.4, 0.5) is 5.82 Å². The van der Waals surface area contributed by atoms with Crippen LogP contribution >= 0.6 is 22.6 Å². The molecule has 118 valence electrons. The van der Waals surface area contributed by atoms with Gasteiger partial charge in [0.15, 0.2) is 5.65 Å². The van der Waals surface area contributed by atoms with E-state index in [1.165, 1.54) is 34.8 Å². The van der Waals surface area contributed by atoms with Gasteiger partial charge in [0.05, 0.1) is 11.6 Å². The second-order valence-corrected chi connectivity index (χ2v) is 7.27. The lowest BCUT2D eigenvalue weighted by Crippen LogP contribution is -2.33. The lowest BCUT2D eigenvalue weighted by atomic mass is 10.1. The lowest BCUT2D eigenvalue weighted by Gasteiger charge is -2.30. The van der Waals surface area contributed by atoms with Crippen molar-refractivity contribution < 1.29 is 0 Å². The molecular formula is C17H18IN5. The number of rotatable bonds is 4. The first kappa shape index (κ1) is 14.9. The zero-order valence-electron chi connectivity index (χ0n) is 12.7. The smallest absolute Gasteiger partial charge is 0.160 e. The van der Waals surface area contributed by atoms with Crippen molar-refractivity contribution >= 4 is 39.4 Å². The summed E-state index contributed by atoms with van der Waals surface area (Å²) in [5, 5.41) is 8.09. The number of H-pyrrole nitrogens is 1. The highest BCUT2D eigenvalue weighted by Gasteiger charge is 2.25. The summed E-state index contributed by atoms with van der Waals surface area (Å²) in [6, 6.07) is 9.23. The number of hydrogen-bond donors (Lipinski definition) is 1. The zero-order chi connectivity index (χ0) is 15.6. The van der Waals surface area contributed by atoms with Gasteiger partial charge in [-0.3, -0.25) is 5.10 Å². The SMILES string of the molecule is Ic1cccc(CN(c2ncnc3[nH]ncc23)C2CCCC2)c1. The molecular weight excluding hydrogens is 401 g/mol. The fourth-order valence-corrected chi connectivity index (χ4v) is 4.01. The number of aromatic nitrogens is 4. The van der Waals surface area contributed by atoms with E-state index < -0.39 is 0 Å². The predicted octanol–water partition coefficient (Wildman–Crippen LogP) is 3.91. The van der Waals surface area contributed by atoms with Gasteiger partial charge in [0.25, 0.3) is 0 Å².